The Bertz CT molecular complexity index is 285. The molecule has 1 saturated carbocycles. The molecule has 1 aliphatic carbocycles. The first-order valence-electron chi connectivity index (χ1n) is 9.13. The number of hydrogen-bond donors (Lipinski definition) is 1. The molecule has 1 saturated heterocycles. The van der Waals surface area contributed by atoms with E-state index in [1.165, 1.54) is 64.6 Å². The molecule has 0 radical (unpaired) electrons. The van der Waals surface area contributed by atoms with Crippen molar-refractivity contribution in [3.05, 3.63) is 0 Å². The average Bonchev–Trinajstić information content (AvgIpc) is 2.49. The summed E-state index contributed by atoms with van der Waals surface area (Å²) in [6.45, 7) is 13.4. The number of nitrogens with zero attached hydrogens (tertiary/aromatic N) is 1. The molecule has 0 aromatic rings. The molecule has 0 bridgehead atoms. The van der Waals surface area contributed by atoms with Gasteiger partial charge in [-0.2, -0.15) is 0 Å². The Morgan fingerprint density at radius 2 is 1.80 bits per heavy atom. The third-order valence-electron chi connectivity index (χ3n) is 6.32. The van der Waals surface area contributed by atoms with Crippen LogP contribution in [-0.2, 0) is 0 Å². The summed E-state index contributed by atoms with van der Waals surface area (Å²) in [5, 5.41) is 3.87. The third kappa shape index (κ3) is 3.57. The second-order valence-electron chi connectivity index (χ2n) is 7.38. The fourth-order valence-electron chi connectivity index (χ4n) is 4.34. The summed E-state index contributed by atoms with van der Waals surface area (Å²) in [5.41, 5.74) is 0.379. The Hall–Kier alpha value is -0.0800. The zero-order valence-electron chi connectivity index (χ0n) is 14.3. The topological polar surface area (TPSA) is 15.3 Å². The minimum absolute atomic E-state index is 0.379. The highest BCUT2D eigenvalue weighted by molar-refractivity contribution is 4.97. The van der Waals surface area contributed by atoms with Crippen LogP contribution >= 0.6 is 0 Å². The molecule has 3 unspecified atom stereocenters. The van der Waals surface area contributed by atoms with Crippen molar-refractivity contribution in [3.63, 3.8) is 0 Å². The van der Waals surface area contributed by atoms with Crippen LogP contribution in [0, 0.1) is 11.8 Å². The molecule has 0 amide bonds. The molecule has 0 spiro atoms. The molecule has 2 fully saturated rings. The van der Waals surface area contributed by atoms with E-state index in [4.69, 9.17) is 0 Å². The van der Waals surface area contributed by atoms with E-state index in [2.05, 4.69) is 37.9 Å². The van der Waals surface area contributed by atoms with Gasteiger partial charge in [-0.3, -0.25) is 4.90 Å². The molecule has 0 aromatic heterocycles. The van der Waals surface area contributed by atoms with Crippen molar-refractivity contribution in [2.75, 3.05) is 19.6 Å². The van der Waals surface area contributed by atoms with Crippen LogP contribution in [0.5, 0.6) is 0 Å². The molecule has 2 heteroatoms. The summed E-state index contributed by atoms with van der Waals surface area (Å²) < 4.78 is 0. The second kappa shape index (κ2) is 7.26. The number of piperazine rings is 1. The highest BCUT2D eigenvalue weighted by Crippen LogP contribution is 2.32. The van der Waals surface area contributed by atoms with Gasteiger partial charge in [-0.05, 0) is 37.5 Å². The molecule has 1 aliphatic heterocycles. The lowest BCUT2D eigenvalue weighted by Gasteiger charge is -2.49. The Morgan fingerprint density at radius 1 is 1.10 bits per heavy atom. The van der Waals surface area contributed by atoms with E-state index in [9.17, 15) is 0 Å². The number of hydrogen-bond acceptors (Lipinski definition) is 2. The second-order valence-corrected chi connectivity index (χ2v) is 7.38. The van der Waals surface area contributed by atoms with Crippen LogP contribution < -0.4 is 5.32 Å². The average molecular weight is 280 g/mol. The molecular formula is C18H36N2. The molecular weight excluding hydrogens is 244 g/mol. The first-order valence-corrected chi connectivity index (χ1v) is 9.13. The van der Waals surface area contributed by atoms with Gasteiger partial charge < -0.3 is 5.32 Å². The SMILES string of the molecule is CCC1CNC(CC)(CC)CN1CC1CCCCC1C. The quantitative estimate of drug-likeness (QED) is 0.817. The molecule has 20 heavy (non-hydrogen) atoms. The smallest absolute Gasteiger partial charge is 0.0304 e. The molecule has 3 atom stereocenters. The highest BCUT2D eigenvalue weighted by Gasteiger charge is 2.37. The van der Waals surface area contributed by atoms with E-state index in [-0.39, 0.29) is 0 Å². The molecule has 2 nitrogen and oxygen atoms in total. The van der Waals surface area contributed by atoms with Gasteiger partial charge in [-0.1, -0.05) is 47.0 Å². The summed E-state index contributed by atoms with van der Waals surface area (Å²) in [6, 6.07) is 0.760. The highest BCUT2D eigenvalue weighted by atomic mass is 15.3. The van der Waals surface area contributed by atoms with Crippen LogP contribution in [0.15, 0.2) is 0 Å². The lowest BCUT2D eigenvalue weighted by Crippen LogP contribution is -2.64. The zero-order chi connectivity index (χ0) is 14.6. The first kappa shape index (κ1) is 16.3. The van der Waals surface area contributed by atoms with Crippen molar-refractivity contribution >= 4 is 0 Å². The minimum atomic E-state index is 0.379. The lowest BCUT2D eigenvalue weighted by molar-refractivity contribution is 0.0421. The van der Waals surface area contributed by atoms with Gasteiger partial charge in [0.2, 0.25) is 0 Å². The monoisotopic (exact) mass is 280 g/mol. The standard InChI is InChI=1S/C18H36N2/c1-5-17-12-19-18(6-2,7-3)14-20(17)13-16-11-9-8-10-15(16)4/h15-17,19H,5-14H2,1-4H3. The van der Waals surface area contributed by atoms with Gasteiger partial charge in [0.15, 0.2) is 0 Å². The van der Waals surface area contributed by atoms with E-state index in [0.29, 0.717) is 5.54 Å². The van der Waals surface area contributed by atoms with Crippen LogP contribution in [-0.4, -0.2) is 36.1 Å². The van der Waals surface area contributed by atoms with Crippen LogP contribution in [0.25, 0.3) is 0 Å². The fraction of sp³-hybridized carbons (Fsp3) is 1.00. The van der Waals surface area contributed by atoms with Crippen molar-refractivity contribution in [1.82, 2.24) is 10.2 Å². The third-order valence-corrected chi connectivity index (χ3v) is 6.32. The molecule has 118 valence electrons. The van der Waals surface area contributed by atoms with Gasteiger partial charge in [0, 0.05) is 31.2 Å². The van der Waals surface area contributed by atoms with Gasteiger partial charge in [0.25, 0.3) is 0 Å². The predicted octanol–water partition coefficient (Wildman–Crippen LogP) is 4.06. The maximum Gasteiger partial charge on any atom is 0.0304 e. The van der Waals surface area contributed by atoms with Crippen molar-refractivity contribution in [3.8, 4) is 0 Å². The normalized spacial score (nSPS) is 35.1. The number of nitrogens with one attached hydrogen (secondary N) is 1. The first-order chi connectivity index (χ1) is 9.64. The van der Waals surface area contributed by atoms with E-state index in [1.54, 1.807) is 0 Å². The van der Waals surface area contributed by atoms with Crippen molar-refractivity contribution in [2.45, 2.75) is 84.2 Å². The molecule has 0 aromatic carbocycles. The van der Waals surface area contributed by atoms with Crippen LogP contribution in [0.3, 0.4) is 0 Å². The summed E-state index contributed by atoms with van der Waals surface area (Å²) in [5.74, 6) is 1.89. The Labute approximate surface area is 126 Å². The maximum atomic E-state index is 3.87. The van der Waals surface area contributed by atoms with E-state index in [1.807, 2.05) is 0 Å². The van der Waals surface area contributed by atoms with Gasteiger partial charge in [0.05, 0.1) is 0 Å². The van der Waals surface area contributed by atoms with Gasteiger partial charge in [-0.15, -0.1) is 0 Å². The van der Waals surface area contributed by atoms with E-state index in [0.717, 1.165) is 17.9 Å². The fourth-order valence-corrected chi connectivity index (χ4v) is 4.34. The summed E-state index contributed by atoms with van der Waals surface area (Å²) in [6.07, 6.45) is 9.66. The largest absolute Gasteiger partial charge is 0.308 e. The van der Waals surface area contributed by atoms with E-state index >= 15 is 0 Å². The van der Waals surface area contributed by atoms with Crippen molar-refractivity contribution in [1.29, 1.82) is 0 Å². The van der Waals surface area contributed by atoms with Crippen molar-refractivity contribution in [2.24, 2.45) is 11.8 Å². The molecule has 2 aliphatic rings. The maximum absolute atomic E-state index is 3.87. The minimum Gasteiger partial charge on any atom is -0.308 e. The Kier molecular flexibility index (Phi) is 5.92. The van der Waals surface area contributed by atoms with Crippen LogP contribution in [0.4, 0.5) is 0 Å². The summed E-state index contributed by atoms with van der Waals surface area (Å²) in [4.78, 5) is 2.84. The Balaban J connectivity index is 2.01. The summed E-state index contributed by atoms with van der Waals surface area (Å²) >= 11 is 0. The number of rotatable bonds is 5. The van der Waals surface area contributed by atoms with Crippen molar-refractivity contribution < 1.29 is 0 Å². The predicted molar refractivity (Wildman–Crippen MR) is 88.1 cm³/mol. The van der Waals surface area contributed by atoms with Crippen LogP contribution in [0.1, 0.15) is 72.6 Å². The summed E-state index contributed by atoms with van der Waals surface area (Å²) in [7, 11) is 0. The van der Waals surface area contributed by atoms with Crippen LogP contribution in [0.2, 0.25) is 0 Å². The van der Waals surface area contributed by atoms with Gasteiger partial charge in [0.1, 0.15) is 0 Å². The zero-order valence-corrected chi connectivity index (χ0v) is 14.3. The molecule has 2 rings (SSSR count). The lowest BCUT2D eigenvalue weighted by atomic mass is 9.79. The van der Waals surface area contributed by atoms with Gasteiger partial charge in [-0.25, -0.2) is 0 Å². The van der Waals surface area contributed by atoms with E-state index < -0.39 is 0 Å². The molecule has 1 heterocycles. The van der Waals surface area contributed by atoms with Gasteiger partial charge >= 0.3 is 0 Å². The Morgan fingerprint density at radius 3 is 2.40 bits per heavy atom. The molecule has 1 N–H and O–H groups in total.